The van der Waals surface area contributed by atoms with Gasteiger partial charge in [0, 0.05) is 37.6 Å². The molecule has 0 bridgehead atoms. The van der Waals surface area contributed by atoms with Crippen molar-refractivity contribution < 1.29 is 23.7 Å². The SMILES string of the molecule is CC(COc1ccc(Oc2cc3c(cnn3C)cc2C(N)=O)cc1)COC1CCOCC1. The zero-order valence-electron chi connectivity index (χ0n) is 18.5. The first-order valence-corrected chi connectivity index (χ1v) is 10.8. The van der Waals surface area contributed by atoms with Gasteiger partial charge in [-0.2, -0.15) is 5.10 Å². The number of fused-ring (bicyclic) bond motifs is 1. The highest BCUT2D eigenvalue weighted by molar-refractivity contribution is 6.00. The molecule has 2 aromatic carbocycles. The van der Waals surface area contributed by atoms with Gasteiger partial charge in [-0.15, -0.1) is 0 Å². The third-order valence-electron chi connectivity index (χ3n) is 5.48. The summed E-state index contributed by atoms with van der Waals surface area (Å²) in [7, 11) is 1.83. The van der Waals surface area contributed by atoms with Crippen molar-refractivity contribution in [3.05, 3.63) is 48.2 Å². The minimum absolute atomic E-state index is 0.275. The van der Waals surface area contributed by atoms with E-state index in [0.29, 0.717) is 36.4 Å². The van der Waals surface area contributed by atoms with E-state index in [1.807, 2.05) is 19.2 Å². The second-order valence-corrected chi connectivity index (χ2v) is 8.17. The van der Waals surface area contributed by atoms with Gasteiger partial charge in [-0.05, 0) is 43.2 Å². The molecule has 3 aromatic rings. The highest BCUT2D eigenvalue weighted by Crippen LogP contribution is 2.30. The van der Waals surface area contributed by atoms with Gasteiger partial charge in [0.25, 0.3) is 5.91 Å². The molecule has 4 rings (SSSR count). The summed E-state index contributed by atoms with van der Waals surface area (Å²) >= 11 is 0. The normalized spacial score (nSPS) is 15.6. The summed E-state index contributed by atoms with van der Waals surface area (Å²) in [4.78, 5) is 11.9. The predicted molar refractivity (Wildman–Crippen MR) is 120 cm³/mol. The maximum atomic E-state index is 11.9. The third kappa shape index (κ3) is 5.38. The van der Waals surface area contributed by atoms with Crippen LogP contribution in [0.1, 0.15) is 30.1 Å². The van der Waals surface area contributed by atoms with Crippen molar-refractivity contribution >= 4 is 16.8 Å². The van der Waals surface area contributed by atoms with Crippen molar-refractivity contribution in [3.8, 4) is 17.2 Å². The maximum absolute atomic E-state index is 11.9. The summed E-state index contributed by atoms with van der Waals surface area (Å²) in [6, 6.07) is 10.8. The number of amides is 1. The molecule has 2 heterocycles. The molecule has 1 unspecified atom stereocenters. The number of hydrogen-bond donors (Lipinski definition) is 1. The first kappa shape index (κ1) is 22.1. The van der Waals surface area contributed by atoms with Gasteiger partial charge < -0.3 is 24.7 Å². The number of carbonyl (C=O) groups excluding carboxylic acids is 1. The quantitative estimate of drug-likeness (QED) is 0.546. The Kier molecular flexibility index (Phi) is 6.92. The molecule has 1 amide bonds. The van der Waals surface area contributed by atoms with Gasteiger partial charge in [0.15, 0.2) is 0 Å². The first-order chi connectivity index (χ1) is 15.5. The van der Waals surface area contributed by atoms with Crippen molar-refractivity contribution in [2.45, 2.75) is 25.9 Å². The molecule has 1 saturated heterocycles. The Balaban J connectivity index is 1.34. The van der Waals surface area contributed by atoms with E-state index in [2.05, 4.69) is 12.0 Å². The maximum Gasteiger partial charge on any atom is 0.252 e. The molecule has 1 atom stereocenters. The lowest BCUT2D eigenvalue weighted by molar-refractivity contribution is -0.0446. The monoisotopic (exact) mass is 439 g/mol. The van der Waals surface area contributed by atoms with Gasteiger partial charge in [0.05, 0.1) is 36.6 Å². The van der Waals surface area contributed by atoms with E-state index in [1.54, 1.807) is 35.1 Å². The molecule has 1 aliphatic rings. The number of carbonyl (C=O) groups is 1. The van der Waals surface area contributed by atoms with Gasteiger partial charge >= 0.3 is 0 Å². The van der Waals surface area contributed by atoms with Gasteiger partial charge in [-0.3, -0.25) is 9.48 Å². The minimum atomic E-state index is -0.553. The number of primary amides is 1. The Hall–Kier alpha value is -3.10. The van der Waals surface area contributed by atoms with Crippen LogP contribution in [0, 0.1) is 5.92 Å². The number of nitrogens with two attached hydrogens (primary N) is 1. The van der Waals surface area contributed by atoms with Gasteiger partial charge in [0.1, 0.15) is 17.2 Å². The third-order valence-corrected chi connectivity index (χ3v) is 5.48. The Morgan fingerprint density at radius 3 is 2.62 bits per heavy atom. The summed E-state index contributed by atoms with van der Waals surface area (Å²) in [6.07, 6.45) is 3.89. The van der Waals surface area contributed by atoms with Crippen LogP contribution in [0.25, 0.3) is 10.9 Å². The first-order valence-electron chi connectivity index (χ1n) is 10.8. The zero-order chi connectivity index (χ0) is 22.5. The molecule has 8 nitrogen and oxygen atoms in total. The highest BCUT2D eigenvalue weighted by atomic mass is 16.5. The molecule has 170 valence electrons. The second kappa shape index (κ2) is 10.0. The number of hydrogen-bond acceptors (Lipinski definition) is 6. The molecule has 0 spiro atoms. The molecule has 1 fully saturated rings. The molecule has 32 heavy (non-hydrogen) atoms. The summed E-state index contributed by atoms with van der Waals surface area (Å²) < 4.78 is 24.9. The number of ether oxygens (including phenoxy) is 4. The summed E-state index contributed by atoms with van der Waals surface area (Å²) in [6.45, 7) is 4.89. The Morgan fingerprint density at radius 1 is 1.19 bits per heavy atom. The summed E-state index contributed by atoms with van der Waals surface area (Å²) in [5.74, 6) is 1.44. The van der Waals surface area contributed by atoms with Crippen LogP contribution in [0.15, 0.2) is 42.6 Å². The van der Waals surface area contributed by atoms with Crippen LogP contribution in [0.2, 0.25) is 0 Å². The standard InChI is InChI=1S/C24H29N3O5/c1-16(15-31-19-7-9-29-10-8-19)14-30-18-3-5-20(6-4-18)32-23-12-22-17(13-26-27(22)2)11-21(23)24(25)28/h3-6,11-13,16,19H,7-10,14-15H2,1-2H3,(H2,25,28). The van der Waals surface area contributed by atoms with Crippen LogP contribution in [0.3, 0.4) is 0 Å². The number of nitrogens with zero attached hydrogens (tertiary/aromatic N) is 2. The second-order valence-electron chi connectivity index (χ2n) is 8.17. The molecule has 2 N–H and O–H groups in total. The summed E-state index contributed by atoms with van der Waals surface area (Å²) in [5, 5.41) is 5.03. The lowest BCUT2D eigenvalue weighted by Gasteiger charge is -2.24. The van der Waals surface area contributed by atoms with E-state index in [9.17, 15) is 4.79 Å². The number of benzene rings is 2. The molecule has 1 aliphatic heterocycles. The number of aryl methyl sites for hydroxylation is 1. The van der Waals surface area contributed by atoms with E-state index < -0.39 is 5.91 Å². The van der Waals surface area contributed by atoms with Crippen molar-refractivity contribution in [3.63, 3.8) is 0 Å². The van der Waals surface area contributed by atoms with Crippen LogP contribution >= 0.6 is 0 Å². The van der Waals surface area contributed by atoms with Crippen molar-refractivity contribution in [2.24, 2.45) is 18.7 Å². The molecule has 0 radical (unpaired) electrons. The fourth-order valence-corrected chi connectivity index (χ4v) is 3.62. The van der Waals surface area contributed by atoms with Crippen LogP contribution in [-0.2, 0) is 16.5 Å². The van der Waals surface area contributed by atoms with Gasteiger partial charge in [-0.1, -0.05) is 6.92 Å². The van der Waals surface area contributed by atoms with Crippen molar-refractivity contribution in [1.29, 1.82) is 0 Å². The number of aromatic nitrogens is 2. The fourth-order valence-electron chi connectivity index (χ4n) is 3.62. The lowest BCUT2D eigenvalue weighted by Crippen LogP contribution is -2.26. The number of rotatable bonds is 9. The highest BCUT2D eigenvalue weighted by Gasteiger charge is 2.16. The Labute approximate surface area is 187 Å². The van der Waals surface area contributed by atoms with E-state index in [1.165, 1.54) is 0 Å². The Morgan fingerprint density at radius 2 is 1.91 bits per heavy atom. The van der Waals surface area contributed by atoms with E-state index in [0.717, 1.165) is 42.7 Å². The van der Waals surface area contributed by atoms with E-state index in [4.69, 9.17) is 24.7 Å². The molecule has 0 aliphatic carbocycles. The molecular weight excluding hydrogens is 410 g/mol. The lowest BCUT2D eigenvalue weighted by atomic mass is 10.1. The van der Waals surface area contributed by atoms with Crippen LogP contribution in [0.5, 0.6) is 17.2 Å². The van der Waals surface area contributed by atoms with Crippen molar-refractivity contribution in [1.82, 2.24) is 9.78 Å². The fraction of sp³-hybridized carbons (Fsp3) is 0.417. The van der Waals surface area contributed by atoms with E-state index in [-0.39, 0.29) is 5.92 Å². The summed E-state index contributed by atoms with van der Waals surface area (Å²) in [5.41, 5.74) is 6.71. The average Bonchev–Trinajstić information content (AvgIpc) is 3.17. The Bertz CT molecular complexity index is 1060. The van der Waals surface area contributed by atoms with Crippen LogP contribution in [-0.4, -0.2) is 48.2 Å². The predicted octanol–water partition coefficient (Wildman–Crippen LogP) is 3.68. The largest absolute Gasteiger partial charge is 0.493 e. The van der Waals surface area contributed by atoms with Gasteiger partial charge in [0.2, 0.25) is 0 Å². The zero-order valence-corrected chi connectivity index (χ0v) is 18.5. The minimum Gasteiger partial charge on any atom is -0.493 e. The van der Waals surface area contributed by atoms with E-state index >= 15 is 0 Å². The van der Waals surface area contributed by atoms with Crippen LogP contribution < -0.4 is 15.2 Å². The van der Waals surface area contributed by atoms with Crippen molar-refractivity contribution in [2.75, 3.05) is 26.4 Å². The molecule has 1 aromatic heterocycles. The topological polar surface area (TPSA) is 97.8 Å². The molecular formula is C24H29N3O5. The molecule has 0 saturated carbocycles. The smallest absolute Gasteiger partial charge is 0.252 e. The van der Waals surface area contributed by atoms with Crippen LogP contribution in [0.4, 0.5) is 0 Å². The van der Waals surface area contributed by atoms with Gasteiger partial charge in [-0.25, -0.2) is 0 Å². The molecule has 8 heteroatoms. The average molecular weight is 440 g/mol.